The Morgan fingerprint density at radius 1 is 1.10 bits per heavy atom. The molecule has 2 heterocycles. The number of nitrogen functional groups attached to an aromatic ring is 1. The van der Waals surface area contributed by atoms with Crippen molar-refractivity contribution in [1.82, 2.24) is 14.9 Å². The standard InChI is InChI=1S/C28H29Cl2N5O4/c1-26(2,3)39-24(38)28(9-10-28)33-22(36)21-15-32-25-34(20-12-17(29)11-18(30)13-20)23(37)27(4,35(21)25)14-16-5-7-19(31)8-6-16/h5-8,11-13,15H,9-10,14,31H2,1-4H3,(H,33,36)/t27-/m1/s1. The van der Waals surface area contributed by atoms with Crippen LogP contribution in [0.3, 0.4) is 0 Å². The molecule has 5 rings (SSSR count). The summed E-state index contributed by atoms with van der Waals surface area (Å²) in [5, 5.41) is 3.55. The first-order valence-electron chi connectivity index (χ1n) is 12.5. The molecule has 3 N–H and O–H groups in total. The number of esters is 1. The minimum Gasteiger partial charge on any atom is -0.458 e. The number of hydrogen-bond acceptors (Lipinski definition) is 6. The van der Waals surface area contributed by atoms with Crippen LogP contribution < -0.4 is 16.0 Å². The number of hydrogen-bond donors (Lipinski definition) is 2. The fourth-order valence-corrected chi connectivity index (χ4v) is 5.34. The van der Waals surface area contributed by atoms with Gasteiger partial charge < -0.3 is 15.8 Å². The van der Waals surface area contributed by atoms with Crippen molar-refractivity contribution >= 4 is 58.3 Å². The van der Waals surface area contributed by atoms with E-state index in [-0.39, 0.29) is 24.0 Å². The molecule has 39 heavy (non-hydrogen) atoms. The zero-order valence-electron chi connectivity index (χ0n) is 22.0. The second-order valence-corrected chi connectivity index (χ2v) is 12.2. The molecule has 0 radical (unpaired) electrons. The Morgan fingerprint density at radius 2 is 1.72 bits per heavy atom. The van der Waals surface area contributed by atoms with E-state index in [2.05, 4.69) is 10.3 Å². The Balaban J connectivity index is 1.56. The molecular weight excluding hydrogens is 541 g/mol. The van der Waals surface area contributed by atoms with E-state index in [1.165, 1.54) is 11.1 Å². The molecule has 1 aliphatic carbocycles. The molecule has 0 unspecified atom stereocenters. The van der Waals surface area contributed by atoms with Crippen molar-refractivity contribution in [2.45, 2.75) is 63.6 Å². The van der Waals surface area contributed by atoms with Crippen molar-refractivity contribution in [2.24, 2.45) is 0 Å². The van der Waals surface area contributed by atoms with Gasteiger partial charge in [0.2, 0.25) is 5.95 Å². The van der Waals surface area contributed by atoms with Crippen molar-refractivity contribution in [2.75, 3.05) is 10.6 Å². The van der Waals surface area contributed by atoms with Gasteiger partial charge in [0.1, 0.15) is 22.4 Å². The van der Waals surface area contributed by atoms with Crippen LogP contribution in [-0.2, 0) is 26.3 Å². The predicted molar refractivity (Wildman–Crippen MR) is 149 cm³/mol. The monoisotopic (exact) mass is 569 g/mol. The Hall–Kier alpha value is -3.56. The number of nitrogens with two attached hydrogens (primary N) is 1. The number of aromatic nitrogens is 2. The highest BCUT2D eigenvalue weighted by Crippen LogP contribution is 2.44. The lowest BCUT2D eigenvalue weighted by atomic mass is 9.91. The van der Waals surface area contributed by atoms with Crippen LogP contribution in [0.2, 0.25) is 10.0 Å². The normalized spacial score (nSPS) is 19.5. The van der Waals surface area contributed by atoms with E-state index in [0.717, 1.165) is 5.56 Å². The number of fused-ring (bicyclic) bond motifs is 1. The van der Waals surface area contributed by atoms with Gasteiger partial charge in [-0.25, -0.2) is 14.7 Å². The molecule has 2 aromatic carbocycles. The summed E-state index contributed by atoms with van der Waals surface area (Å²) >= 11 is 12.5. The van der Waals surface area contributed by atoms with Crippen molar-refractivity contribution in [3.63, 3.8) is 0 Å². The lowest BCUT2D eigenvalue weighted by molar-refractivity contribution is -0.158. The van der Waals surface area contributed by atoms with Gasteiger partial charge in [-0.15, -0.1) is 0 Å². The van der Waals surface area contributed by atoms with E-state index >= 15 is 0 Å². The van der Waals surface area contributed by atoms with E-state index < -0.39 is 28.6 Å². The fourth-order valence-electron chi connectivity index (χ4n) is 4.82. The summed E-state index contributed by atoms with van der Waals surface area (Å²) in [6.45, 7) is 7.08. The van der Waals surface area contributed by atoms with Crippen LogP contribution in [0.1, 0.15) is 56.6 Å². The average Bonchev–Trinajstić information content (AvgIpc) is 3.42. The number of carbonyl (C=O) groups excluding carboxylic acids is 3. The van der Waals surface area contributed by atoms with E-state index in [1.807, 2.05) is 12.1 Å². The van der Waals surface area contributed by atoms with Gasteiger partial charge >= 0.3 is 5.97 Å². The number of halogens is 2. The zero-order valence-corrected chi connectivity index (χ0v) is 23.6. The smallest absolute Gasteiger partial charge is 0.332 e. The summed E-state index contributed by atoms with van der Waals surface area (Å²) in [5.41, 5.74) is 4.81. The van der Waals surface area contributed by atoms with E-state index in [4.69, 9.17) is 33.7 Å². The molecular formula is C28H29Cl2N5O4. The Morgan fingerprint density at radius 3 is 2.28 bits per heavy atom. The van der Waals surface area contributed by atoms with E-state index in [1.54, 1.807) is 62.6 Å². The van der Waals surface area contributed by atoms with E-state index in [0.29, 0.717) is 34.3 Å². The summed E-state index contributed by atoms with van der Waals surface area (Å²) < 4.78 is 7.16. The third-order valence-corrected chi connectivity index (χ3v) is 7.30. The number of imidazole rings is 1. The summed E-state index contributed by atoms with van der Waals surface area (Å²) in [6.07, 6.45) is 2.58. The van der Waals surface area contributed by atoms with Crippen LogP contribution in [-0.4, -0.2) is 38.5 Å². The van der Waals surface area contributed by atoms with Gasteiger partial charge in [-0.2, -0.15) is 0 Å². The average molecular weight is 570 g/mol. The largest absolute Gasteiger partial charge is 0.458 e. The third-order valence-electron chi connectivity index (χ3n) is 6.86. The molecule has 1 saturated carbocycles. The molecule has 1 aromatic heterocycles. The lowest BCUT2D eigenvalue weighted by Gasteiger charge is -2.27. The maximum Gasteiger partial charge on any atom is 0.332 e. The zero-order chi connectivity index (χ0) is 28.3. The van der Waals surface area contributed by atoms with Crippen LogP contribution in [0.25, 0.3) is 0 Å². The second-order valence-electron chi connectivity index (χ2n) is 11.3. The SMILES string of the molecule is CC(C)(C)OC(=O)C1(NC(=O)c2cnc3n2[C@](C)(Cc2ccc(N)cc2)C(=O)N3c2cc(Cl)cc(Cl)c2)CC1. The van der Waals surface area contributed by atoms with Crippen molar-refractivity contribution < 1.29 is 19.1 Å². The Kier molecular flexibility index (Phi) is 6.43. The summed E-state index contributed by atoms with van der Waals surface area (Å²) in [5.74, 6) is -1.09. The van der Waals surface area contributed by atoms with Crippen LogP contribution in [0.5, 0.6) is 0 Å². The molecule has 2 amide bonds. The van der Waals surface area contributed by atoms with Crippen LogP contribution >= 0.6 is 23.2 Å². The molecule has 11 heteroatoms. The second kappa shape index (κ2) is 9.27. The van der Waals surface area contributed by atoms with Gasteiger partial charge in [0.05, 0.1) is 11.9 Å². The summed E-state index contributed by atoms with van der Waals surface area (Å²) in [7, 11) is 0. The molecule has 2 aliphatic rings. The minimum absolute atomic E-state index is 0.141. The fraction of sp³-hybridized carbons (Fsp3) is 0.357. The van der Waals surface area contributed by atoms with Gasteiger partial charge in [0.25, 0.3) is 11.8 Å². The molecule has 1 fully saturated rings. The molecule has 9 nitrogen and oxygen atoms in total. The molecule has 1 atom stereocenters. The van der Waals surface area contributed by atoms with E-state index in [9.17, 15) is 14.4 Å². The number of rotatable bonds is 6. The predicted octanol–water partition coefficient (Wildman–Crippen LogP) is 5.01. The number of ether oxygens (including phenoxy) is 1. The number of nitrogens with zero attached hydrogens (tertiary/aromatic N) is 3. The van der Waals surface area contributed by atoms with Crippen molar-refractivity contribution in [3.8, 4) is 0 Å². The van der Waals surface area contributed by atoms with Gasteiger partial charge in [-0.3, -0.25) is 14.2 Å². The molecule has 0 saturated heterocycles. The van der Waals surface area contributed by atoms with Crippen LogP contribution in [0.15, 0.2) is 48.7 Å². The van der Waals surface area contributed by atoms with Crippen LogP contribution in [0, 0.1) is 0 Å². The highest BCUT2D eigenvalue weighted by Gasteiger charge is 2.55. The highest BCUT2D eigenvalue weighted by molar-refractivity contribution is 6.35. The number of carbonyl (C=O) groups is 3. The van der Waals surface area contributed by atoms with Gasteiger partial charge in [-0.05, 0) is 76.4 Å². The molecule has 0 bridgehead atoms. The maximum absolute atomic E-state index is 14.1. The van der Waals surface area contributed by atoms with Gasteiger partial charge in [0, 0.05) is 22.2 Å². The van der Waals surface area contributed by atoms with Gasteiger partial charge in [-0.1, -0.05) is 35.3 Å². The first-order valence-corrected chi connectivity index (χ1v) is 13.3. The van der Waals surface area contributed by atoms with Crippen molar-refractivity contribution in [3.05, 3.63) is 70.0 Å². The minimum atomic E-state index is -1.24. The summed E-state index contributed by atoms with van der Waals surface area (Å²) in [6, 6.07) is 12.0. The summed E-state index contributed by atoms with van der Waals surface area (Å²) in [4.78, 5) is 46.6. The molecule has 0 spiro atoms. The number of benzene rings is 2. The third kappa shape index (κ3) is 4.96. The quantitative estimate of drug-likeness (QED) is 0.318. The number of anilines is 3. The Bertz CT molecular complexity index is 1470. The molecule has 3 aromatic rings. The highest BCUT2D eigenvalue weighted by atomic mass is 35.5. The van der Waals surface area contributed by atoms with Crippen molar-refractivity contribution in [1.29, 1.82) is 0 Å². The first-order chi connectivity index (χ1) is 18.2. The maximum atomic E-state index is 14.1. The molecule has 204 valence electrons. The molecule has 1 aliphatic heterocycles. The lowest BCUT2D eigenvalue weighted by Crippen LogP contribution is -2.48. The number of nitrogens with one attached hydrogen (secondary N) is 1. The number of amides is 2. The van der Waals surface area contributed by atoms with Gasteiger partial charge in [0.15, 0.2) is 0 Å². The van der Waals surface area contributed by atoms with Crippen LogP contribution in [0.4, 0.5) is 17.3 Å². The first kappa shape index (κ1) is 27.0. The topological polar surface area (TPSA) is 120 Å². The Labute approximate surface area is 236 Å².